The Balaban J connectivity index is 0.00000112. The van der Waals surface area contributed by atoms with E-state index >= 15 is 0 Å². The second-order valence-corrected chi connectivity index (χ2v) is 4.01. The molecular weight excluding hydrogens is 208 g/mol. The summed E-state index contributed by atoms with van der Waals surface area (Å²) in [5.74, 6) is 0. The number of benzene rings is 1. The van der Waals surface area contributed by atoms with Crippen LogP contribution in [0.4, 0.5) is 5.69 Å². The van der Waals surface area contributed by atoms with Gasteiger partial charge in [0.2, 0.25) is 0 Å². The van der Waals surface area contributed by atoms with Crippen LogP contribution in [0.1, 0.15) is 13.8 Å². The molecule has 2 unspecified atom stereocenters. The molecule has 1 fully saturated rings. The molecular formula is C12H19ClN2. The predicted molar refractivity (Wildman–Crippen MR) is 68.0 cm³/mol. The molecule has 0 aromatic heterocycles. The van der Waals surface area contributed by atoms with E-state index in [-0.39, 0.29) is 12.4 Å². The largest absolute Gasteiger partial charge is 0.366 e. The second kappa shape index (κ2) is 5.38. The number of anilines is 1. The van der Waals surface area contributed by atoms with Crippen LogP contribution in [0.3, 0.4) is 0 Å². The lowest BCUT2D eigenvalue weighted by Gasteiger charge is -2.40. The van der Waals surface area contributed by atoms with Crippen molar-refractivity contribution in [3.05, 3.63) is 30.3 Å². The first kappa shape index (κ1) is 12.3. The van der Waals surface area contributed by atoms with Crippen LogP contribution in [0.2, 0.25) is 0 Å². The average Bonchev–Trinajstić information content (AvgIpc) is 2.23. The zero-order valence-electron chi connectivity index (χ0n) is 9.31. The number of rotatable bonds is 1. The number of hydrogen-bond donors (Lipinski definition) is 1. The Labute approximate surface area is 98.1 Å². The van der Waals surface area contributed by atoms with Crippen LogP contribution in [0.15, 0.2) is 30.3 Å². The summed E-state index contributed by atoms with van der Waals surface area (Å²) in [7, 11) is 0. The third kappa shape index (κ3) is 2.64. The number of piperazine rings is 1. The minimum atomic E-state index is 0. The average molecular weight is 227 g/mol. The summed E-state index contributed by atoms with van der Waals surface area (Å²) in [6, 6.07) is 11.8. The van der Waals surface area contributed by atoms with Crippen molar-refractivity contribution in [1.82, 2.24) is 5.32 Å². The zero-order valence-corrected chi connectivity index (χ0v) is 10.1. The van der Waals surface area contributed by atoms with E-state index in [2.05, 4.69) is 54.4 Å². The van der Waals surface area contributed by atoms with Crippen molar-refractivity contribution >= 4 is 18.1 Å². The van der Waals surface area contributed by atoms with Gasteiger partial charge in [0, 0.05) is 30.9 Å². The van der Waals surface area contributed by atoms with E-state index in [9.17, 15) is 0 Å². The molecule has 2 nitrogen and oxygen atoms in total. The van der Waals surface area contributed by atoms with E-state index in [0.717, 1.165) is 13.1 Å². The van der Waals surface area contributed by atoms with Crippen LogP contribution in [0.5, 0.6) is 0 Å². The first-order valence-corrected chi connectivity index (χ1v) is 5.34. The molecule has 0 amide bonds. The monoisotopic (exact) mass is 226 g/mol. The molecule has 1 aliphatic rings. The topological polar surface area (TPSA) is 15.3 Å². The summed E-state index contributed by atoms with van der Waals surface area (Å²) in [5.41, 5.74) is 1.34. The Hall–Kier alpha value is -0.730. The lowest BCUT2D eigenvalue weighted by molar-refractivity contribution is 0.404. The number of hydrogen-bond acceptors (Lipinski definition) is 2. The molecule has 15 heavy (non-hydrogen) atoms. The number of para-hydroxylation sites is 1. The van der Waals surface area contributed by atoms with Gasteiger partial charge in [0.15, 0.2) is 0 Å². The molecule has 1 aromatic rings. The maximum Gasteiger partial charge on any atom is 0.0412 e. The highest BCUT2D eigenvalue weighted by Gasteiger charge is 2.23. The quantitative estimate of drug-likeness (QED) is 0.791. The van der Waals surface area contributed by atoms with Gasteiger partial charge in [0.05, 0.1) is 0 Å². The van der Waals surface area contributed by atoms with E-state index in [1.165, 1.54) is 5.69 Å². The fraction of sp³-hybridized carbons (Fsp3) is 0.500. The number of nitrogens with zero attached hydrogens (tertiary/aromatic N) is 1. The van der Waals surface area contributed by atoms with Crippen LogP contribution in [0.25, 0.3) is 0 Å². The molecule has 1 aliphatic heterocycles. The highest BCUT2D eigenvalue weighted by Crippen LogP contribution is 2.19. The Kier molecular flexibility index (Phi) is 4.43. The molecule has 1 N–H and O–H groups in total. The Bertz CT molecular complexity index is 289. The molecule has 84 valence electrons. The molecule has 2 atom stereocenters. The zero-order chi connectivity index (χ0) is 9.97. The molecule has 1 aromatic carbocycles. The van der Waals surface area contributed by atoms with E-state index in [1.807, 2.05) is 0 Å². The van der Waals surface area contributed by atoms with Gasteiger partial charge in [0.25, 0.3) is 0 Å². The lowest BCUT2D eigenvalue weighted by Crippen LogP contribution is -2.55. The van der Waals surface area contributed by atoms with Gasteiger partial charge in [-0.1, -0.05) is 18.2 Å². The number of halogens is 1. The third-order valence-corrected chi connectivity index (χ3v) is 3.12. The van der Waals surface area contributed by atoms with E-state index in [1.54, 1.807) is 0 Å². The first-order chi connectivity index (χ1) is 6.79. The molecule has 1 heterocycles. The lowest BCUT2D eigenvalue weighted by atomic mass is 10.1. The van der Waals surface area contributed by atoms with Crippen LogP contribution in [-0.2, 0) is 0 Å². The van der Waals surface area contributed by atoms with Gasteiger partial charge in [-0.2, -0.15) is 0 Å². The summed E-state index contributed by atoms with van der Waals surface area (Å²) >= 11 is 0. The van der Waals surface area contributed by atoms with E-state index in [0.29, 0.717) is 12.1 Å². The second-order valence-electron chi connectivity index (χ2n) is 4.01. The van der Waals surface area contributed by atoms with Crippen molar-refractivity contribution in [3.63, 3.8) is 0 Å². The van der Waals surface area contributed by atoms with Crippen LogP contribution in [-0.4, -0.2) is 25.2 Å². The maximum atomic E-state index is 3.49. The molecule has 0 saturated carbocycles. The standard InChI is InChI=1S/C12H18N2.ClH/c1-10-11(2)14(9-8-13-10)12-6-4-3-5-7-12;/h3-7,10-11,13H,8-9H2,1-2H3;1H. The minimum absolute atomic E-state index is 0. The van der Waals surface area contributed by atoms with Crippen molar-refractivity contribution < 1.29 is 0 Å². The van der Waals surface area contributed by atoms with Gasteiger partial charge in [0.1, 0.15) is 0 Å². The normalized spacial score (nSPS) is 25.9. The summed E-state index contributed by atoms with van der Waals surface area (Å²) in [4.78, 5) is 2.47. The van der Waals surface area contributed by atoms with E-state index in [4.69, 9.17) is 0 Å². The molecule has 2 rings (SSSR count). The third-order valence-electron chi connectivity index (χ3n) is 3.12. The summed E-state index contributed by atoms with van der Waals surface area (Å²) in [6.45, 7) is 6.72. The van der Waals surface area contributed by atoms with Crippen LogP contribution in [0, 0.1) is 0 Å². The fourth-order valence-electron chi connectivity index (χ4n) is 2.04. The maximum absolute atomic E-state index is 3.49. The summed E-state index contributed by atoms with van der Waals surface area (Å²) in [5, 5.41) is 3.49. The smallest absolute Gasteiger partial charge is 0.0412 e. The SMILES string of the molecule is CC1NCCN(c2ccccc2)C1C.Cl. The van der Waals surface area contributed by atoms with Crippen molar-refractivity contribution in [3.8, 4) is 0 Å². The van der Waals surface area contributed by atoms with Gasteiger partial charge in [-0.15, -0.1) is 12.4 Å². The first-order valence-electron chi connectivity index (χ1n) is 5.34. The summed E-state index contributed by atoms with van der Waals surface area (Å²) in [6.07, 6.45) is 0. The number of nitrogens with one attached hydrogen (secondary N) is 1. The predicted octanol–water partition coefficient (Wildman–Crippen LogP) is 2.30. The molecule has 1 saturated heterocycles. The molecule has 0 aliphatic carbocycles. The molecule has 0 bridgehead atoms. The molecule has 0 radical (unpaired) electrons. The minimum Gasteiger partial charge on any atom is -0.366 e. The van der Waals surface area contributed by atoms with Gasteiger partial charge in [-0.05, 0) is 26.0 Å². The molecule has 0 spiro atoms. The van der Waals surface area contributed by atoms with Crippen molar-refractivity contribution in [1.29, 1.82) is 0 Å². The van der Waals surface area contributed by atoms with Crippen LogP contribution < -0.4 is 10.2 Å². The Morgan fingerprint density at radius 3 is 2.53 bits per heavy atom. The van der Waals surface area contributed by atoms with Gasteiger partial charge in [-0.3, -0.25) is 0 Å². The highest BCUT2D eigenvalue weighted by molar-refractivity contribution is 5.85. The van der Waals surface area contributed by atoms with Crippen molar-refractivity contribution in [2.75, 3.05) is 18.0 Å². The summed E-state index contributed by atoms with van der Waals surface area (Å²) < 4.78 is 0. The fourth-order valence-corrected chi connectivity index (χ4v) is 2.04. The van der Waals surface area contributed by atoms with Gasteiger partial charge < -0.3 is 10.2 Å². The van der Waals surface area contributed by atoms with Crippen molar-refractivity contribution in [2.45, 2.75) is 25.9 Å². The van der Waals surface area contributed by atoms with Gasteiger partial charge in [-0.25, -0.2) is 0 Å². The van der Waals surface area contributed by atoms with Crippen molar-refractivity contribution in [2.24, 2.45) is 0 Å². The van der Waals surface area contributed by atoms with Crippen LogP contribution >= 0.6 is 12.4 Å². The van der Waals surface area contributed by atoms with Gasteiger partial charge >= 0.3 is 0 Å². The highest BCUT2D eigenvalue weighted by atomic mass is 35.5. The Morgan fingerprint density at radius 1 is 1.20 bits per heavy atom. The molecule has 3 heteroatoms. The van der Waals surface area contributed by atoms with E-state index < -0.39 is 0 Å². The Morgan fingerprint density at radius 2 is 1.87 bits per heavy atom.